The normalized spacial score (nSPS) is 15.5. The third kappa shape index (κ3) is 5.64. The highest BCUT2D eigenvalue weighted by atomic mass is 16.5. The van der Waals surface area contributed by atoms with Gasteiger partial charge in [0, 0.05) is 0 Å². The fraction of sp³-hybridized carbons (Fsp3) is 0.900. The van der Waals surface area contributed by atoms with Gasteiger partial charge in [0.2, 0.25) is 0 Å². The summed E-state index contributed by atoms with van der Waals surface area (Å²) in [6.07, 6.45) is 1.50. The van der Waals surface area contributed by atoms with Crippen LogP contribution in [0.2, 0.25) is 0 Å². The number of carbonyl (C=O) groups excluding carboxylic acids is 1. The predicted octanol–water partition coefficient (Wildman–Crippen LogP) is 1.70. The molecule has 0 aliphatic rings. The van der Waals surface area contributed by atoms with Crippen LogP contribution >= 0.6 is 0 Å². The molecule has 13 heavy (non-hydrogen) atoms. The molecule has 0 heterocycles. The van der Waals surface area contributed by atoms with Gasteiger partial charge in [0.1, 0.15) is 6.04 Å². The standard InChI is InChI=1S/C10H21NO2/c1-5-8(4)13-10(12)9(11)6-7(2)3/h7-9H,5-6,11H2,1-4H3. The SMILES string of the molecule is CCC(C)OC(=O)C(N)CC(C)C. The topological polar surface area (TPSA) is 52.3 Å². The van der Waals surface area contributed by atoms with Crippen LogP contribution in [0, 0.1) is 5.92 Å². The van der Waals surface area contributed by atoms with E-state index < -0.39 is 6.04 Å². The van der Waals surface area contributed by atoms with Gasteiger partial charge >= 0.3 is 5.97 Å². The highest BCUT2D eigenvalue weighted by molar-refractivity contribution is 5.75. The van der Waals surface area contributed by atoms with Gasteiger partial charge in [0.15, 0.2) is 0 Å². The average Bonchev–Trinajstić information content (AvgIpc) is 2.02. The zero-order valence-corrected chi connectivity index (χ0v) is 9.04. The molecular weight excluding hydrogens is 166 g/mol. The van der Waals surface area contributed by atoms with Gasteiger partial charge in [-0.25, -0.2) is 0 Å². The first-order valence-corrected chi connectivity index (χ1v) is 4.93. The Balaban J connectivity index is 3.82. The summed E-state index contributed by atoms with van der Waals surface area (Å²) in [5.41, 5.74) is 5.65. The summed E-state index contributed by atoms with van der Waals surface area (Å²) in [5, 5.41) is 0. The van der Waals surface area contributed by atoms with Crippen LogP contribution < -0.4 is 5.73 Å². The summed E-state index contributed by atoms with van der Waals surface area (Å²) in [5.74, 6) is 0.155. The molecule has 2 N–H and O–H groups in total. The van der Waals surface area contributed by atoms with Gasteiger partial charge < -0.3 is 10.5 Å². The molecule has 0 aliphatic heterocycles. The van der Waals surface area contributed by atoms with Crippen molar-refractivity contribution < 1.29 is 9.53 Å². The number of hydrogen-bond acceptors (Lipinski definition) is 3. The number of nitrogens with two attached hydrogens (primary N) is 1. The zero-order chi connectivity index (χ0) is 10.4. The smallest absolute Gasteiger partial charge is 0.323 e. The second kappa shape index (κ2) is 5.97. The second-order valence-corrected chi connectivity index (χ2v) is 3.89. The van der Waals surface area contributed by atoms with Crippen LogP contribution in [-0.4, -0.2) is 18.1 Å². The molecule has 3 nitrogen and oxygen atoms in total. The van der Waals surface area contributed by atoms with Gasteiger partial charge in [0.25, 0.3) is 0 Å². The number of carbonyl (C=O) groups is 1. The van der Waals surface area contributed by atoms with Crippen molar-refractivity contribution in [2.45, 2.75) is 52.7 Å². The van der Waals surface area contributed by atoms with Gasteiger partial charge in [-0.1, -0.05) is 20.8 Å². The quantitative estimate of drug-likeness (QED) is 0.666. The van der Waals surface area contributed by atoms with Crippen molar-refractivity contribution in [3.63, 3.8) is 0 Å². The average molecular weight is 187 g/mol. The van der Waals surface area contributed by atoms with E-state index in [1.807, 2.05) is 27.7 Å². The molecule has 0 bridgehead atoms. The number of esters is 1. The summed E-state index contributed by atoms with van der Waals surface area (Å²) in [6.45, 7) is 7.93. The van der Waals surface area contributed by atoms with Crippen LogP contribution in [0.1, 0.15) is 40.5 Å². The van der Waals surface area contributed by atoms with Crippen LogP contribution in [-0.2, 0) is 9.53 Å². The van der Waals surface area contributed by atoms with Gasteiger partial charge in [-0.2, -0.15) is 0 Å². The summed E-state index contributed by atoms with van der Waals surface area (Å²) >= 11 is 0. The van der Waals surface area contributed by atoms with Gasteiger partial charge in [-0.3, -0.25) is 4.79 Å². The summed E-state index contributed by atoms with van der Waals surface area (Å²) in [6, 6.07) is -0.464. The zero-order valence-electron chi connectivity index (χ0n) is 9.04. The number of ether oxygens (including phenoxy) is 1. The molecule has 0 amide bonds. The highest BCUT2D eigenvalue weighted by Crippen LogP contribution is 2.06. The number of hydrogen-bond donors (Lipinski definition) is 1. The first-order valence-electron chi connectivity index (χ1n) is 4.93. The lowest BCUT2D eigenvalue weighted by Gasteiger charge is -2.16. The van der Waals surface area contributed by atoms with Crippen molar-refractivity contribution in [3.05, 3.63) is 0 Å². The Morgan fingerprint density at radius 3 is 2.31 bits per heavy atom. The van der Waals surface area contributed by atoms with Crippen molar-refractivity contribution in [3.8, 4) is 0 Å². The van der Waals surface area contributed by atoms with Crippen LogP contribution in [0.4, 0.5) is 0 Å². The molecule has 2 atom stereocenters. The molecule has 78 valence electrons. The maximum absolute atomic E-state index is 11.3. The Morgan fingerprint density at radius 1 is 1.38 bits per heavy atom. The van der Waals surface area contributed by atoms with E-state index in [0.717, 1.165) is 6.42 Å². The molecule has 0 fully saturated rings. The van der Waals surface area contributed by atoms with Crippen molar-refractivity contribution in [1.29, 1.82) is 0 Å². The van der Waals surface area contributed by atoms with E-state index >= 15 is 0 Å². The Bertz CT molecular complexity index is 157. The van der Waals surface area contributed by atoms with Crippen molar-refractivity contribution in [2.75, 3.05) is 0 Å². The lowest BCUT2D eigenvalue weighted by molar-refractivity contribution is -0.150. The predicted molar refractivity (Wildman–Crippen MR) is 53.3 cm³/mol. The molecule has 0 saturated heterocycles. The maximum Gasteiger partial charge on any atom is 0.323 e. The molecule has 0 aliphatic carbocycles. The molecule has 0 saturated carbocycles. The van der Waals surface area contributed by atoms with Crippen molar-refractivity contribution >= 4 is 5.97 Å². The van der Waals surface area contributed by atoms with E-state index in [1.165, 1.54) is 0 Å². The molecule has 0 aromatic rings. The van der Waals surface area contributed by atoms with Crippen LogP contribution in [0.5, 0.6) is 0 Å². The lowest BCUT2D eigenvalue weighted by Crippen LogP contribution is -2.35. The van der Waals surface area contributed by atoms with Crippen molar-refractivity contribution in [2.24, 2.45) is 11.7 Å². The fourth-order valence-corrected chi connectivity index (χ4v) is 0.973. The summed E-state index contributed by atoms with van der Waals surface area (Å²) < 4.78 is 5.10. The first-order chi connectivity index (χ1) is 5.97. The Labute approximate surface area is 80.6 Å². The van der Waals surface area contributed by atoms with Crippen LogP contribution in [0.25, 0.3) is 0 Å². The highest BCUT2D eigenvalue weighted by Gasteiger charge is 2.17. The molecule has 0 spiro atoms. The summed E-state index contributed by atoms with van der Waals surface area (Å²) in [4.78, 5) is 11.3. The maximum atomic E-state index is 11.3. The minimum atomic E-state index is -0.464. The van der Waals surface area contributed by atoms with E-state index in [0.29, 0.717) is 12.3 Å². The van der Waals surface area contributed by atoms with E-state index in [9.17, 15) is 4.79 Å². The number of rotatable bonds is 5. The molecule has 0 aromatic heterocycles. The van der Waals surface area contributed by atoms with Crippen LogP contribution in [0.3, 0.4) is 0 Å². The largest absolute Gasteiger partial charge is 0.462 e. The van der Waals surface area contributed by atoms with E-state index in [-0.39, 0.29) is 12.1 Å². The molecule has 2 unspecified atom stereocenters. The van der Waals surface area contributed by atoms with E-state index in [4.69, 9.17) is 10.5 Å². The fourth-order valence-electron chi connectivity index (χ4n) is 0.973. The third-order valence-corrected chi connectivity index (χ3v) is 1.92. The second-order valence-electron chi connectivity index (χ2n) is 3.89. The Hall–Kier alpha value is -0.570. The first kappa shape index (κ1) is 12.4. The minimum absolute atomic E-state index is 0.0225. The van der Waals surface area contributed by atoms with Gasteiger partial charge in [-0.15, -0.1) is 0 Å². The Morgan fingerprint density at radius 2 is 1.92 bits per heavy atom. The van der Waals surface area contributed by atoms with Gasteiger partial charge in [-0.05, 0) is 25.7 Å². The summed E-state index contributed by atoms with van der Waals surface area (Å²) in [7, 11) is 0. The Kier molecular flexibility index (Phi) is 5.71. The molecule has 0 aromatic carbocycles. The minimum Gasteiger partial charge on any atom is -0.462 e. The lowest BCUT2D eigenvalue weighted by atomic mass is 10.0. The van der Waals surface area contributed by atoms with E-state index in [2.05, 4.69) is 0 Å². The van der Waals surface area contributed by atoms with Crippen LogP contribution in [0.15, 0.2) is 0 Å². The monoisotopic (exact) mass is 187 g/mol. The van der Waals surface area contributed by atoms with E-state index in [1.54, 1.807) is 0 Å². The molecular formula is C10H21NO2. The van der Waals surface area contributed by atoms with Gasteiger partial charge in [0.05, 0.1) is 6.10 Å². The molecule has 0 rings (SSSR count). The molecule has 0 radical (unpaired) electrons. The molecule has 3 heteroatoms. The van der Waals surface area contributed by atoms with Crippen molar-refractivity contribution in [1.82, 2.24) is 0 Å². The third-order valence-electron chi connectivity index (χ3n) is 1.92.